The molecule has 0 atom stereocenters. The summed E-state index contributed by atoms with van der Waals surface area (Å²) in [5.74, 6) is -0.152. The Labute approximate surface area is 131 Å². The number of nitrogens with one attached hydrogen (secondary N) is 1. The van der Waals surface area contributed by atoms with Gasteiger partial charge in [-0.25, -0.2) is 4.68 Å². The number of rotatable bonds is 5. The molecule has 1 heterocycles. The number of amides is 1. The van der Waals surface area contributed by atoms with Gasteiger partial charge in [0.15, 0.2) is 0 Å². The van der Waals surface area contributed by atoms with Crippen molar-refractivity contribution < 1.29 is 9.90 Å². The van der Waals surface area contributed by atoms with Crippen LogP contribution in [0.3, 0.4) is 0 Å². The fraction of sp³-hybridized carbons (Fsp3) is 0.412. The van der Waals surface area contributed by atoms with Gasteiger partial charge in [0.25, 0.3) is 5.91 Å². The van der Waals surface area contributed by atoms with Crippen LogP contribution in [0, 0.1) is 0 Å². The molecule has 1 amide bonds. The van der Waals surface area contributed by atoms with Gasteiger partial charge in [-0.1, -0.05) is 39.0 Å². The van der Waals surface area contributed by atoms with Gasteiger partial charge >= 0.3 is 0 Å². The van der Waals surface area contributed by atoms with Crippen molar-refractivity contribution in [3.63, 3.8) is 0 Å². The first kappa shape index (κ1) is 16.2. The van der Waals surface area contributed by atoms with E-state index in [0.29, 0.717) is 18.5 Å². The van der Waals surface area contributed by atoms with E-state index < -0.39 is 0 Å². The van der Waals surface area contributed by atoms with Crippen LogP contribution >= 0.6 is 0 Å². The number of benzene rings is 1. The second kappa shape index (κ2) is 6.75. The zero-order chi connectivity index (χ0) is 16.2. The molecule has 118 valence electrons. The van der Waals surface area contributed by atoms with E-state index in [0.717, 1.165) is 11.4 Å². The molecule has 0 saturated carbocycles. The summed E-state index contributed by atoms with van der Waals surface area (Å²) in [7, 11) is 0. The SMILES string of the molecule is CC(C)(C)c1nn(-c2ccccc2)cc1C(=O)NCCCO. The first-order valence-electron chi connectivity index (χ1n) is 7.48. The smallest absolute Gasteiger partial charge is 0.254 e. The Hall–Kier alpha value is -2.14. The molecule has 0 unspecified atom stereocenters. The topological polar surface area (TPSA) is 67.2 Å². The summed E-state index contributed by atoms with van der Waals surface area (Å²) < 4.78 is 1.74. The summed E-state index contributed by atoms with van der Waals surface area (Å²) in [6.07, 6.45) is 2.31. The van der Waals surface area contributed by atoms with Crippen LogP contribution in [0.15, 0.2) is 36.5 Å². The Balaban J connectivity index is 2.35. The van der Waals surface area contributed by atoms with Gasteiger partial charge in [0, 0.05) is 24.8 Å². The maximum absolute atomic E-state index is 12.4. The van der Waals surface area contributed by atoms with Crippen LogP contribution in [0.1, 0.15) is 43.2 Å². The highest BCUT2D eigenvalue weighted by Gasteiger charge is 2.26. The molecule has 0 radical (unpaired) electrons. The molecule has 0 saturated heterocycles. The lowest BCUT2D eigenvalue weighted by molar-refractivity contribution is 0.0949. The van der Waals surface area contributed by atoms with Crippen LogP contribution < -0.4 is 5.32 Å². The van der Waals surface area contributed by atoms with E-state index in [1.165, 1.54) is 0 Å². The molecule has 0 aliphatic rings. The Morgan fingerprint density at radius 1 is 1.27 bits per heavy atom. The summed E-state index contributed by atoms with van der Waals surface area (Å²) >= 11 is 0. The van der Waals surface area contributed by atoms with Crippen LogP contribution in [0.4, 0.5) is 0 Å². The summed E-state index contributed by atoms with van der Waals surface area (Å²) in [5.41, 5.74) is 2.03. The zero-order valence-corrected chi connectivity index (χ0v) is 13.3. The van der Waals surface area contributed by atoms with Gasteiger partial charge in [-0.3, -0.25) is 4.79 Å². The standard InChI is InChI=1S/C17H23N3O2/c1-17(2,3)15-14(16(22)18-10-7-11-21)12-20(19-15)13-8-5-4-6-9-13/h4-6,8-9,12,21H,7,10-11H2,1-3H3,(H,18,22). The minimum atomic E-state index is -0.232. The highest BCUT2D eigenvalue weighted by molar-refractivity contribution is 5.95. The fourth-order valence-electron chi connectivity index (χ4n) is 2.18. The lowest BCUT2D eigenvalue weighted by atomic mass is 9.89. The fourth-order valence-corrected chi connectivity index (χ4v) is 2.18. The highest BCUT2D eigenvalue weighted by atomic mass is 16.3. The van der Waals surface area contributed by atoms with Gasteiger partial charge in [-0.15, -0.1) is 0 Å². The average Bonchev–Trinajstić information content (AvgIpc) is 2.94. The molecular weight excluding hydrogens is 278 g/mol. The molecular formula is C17H23N3O2. The predicted molar refractivity (Wildman–Crippen MR) is 86.3 cm³/mol. The maximum atomic E-state index is 12.4. The van der Waals surface area contributed by atoms with Crippen molar-refractivity contribution >= 4 is 5.91 Å². The maximum Gasteiger partial charge on any atom is 0.254 e. The monoisotopic (exact) mass is 301 g/mol. The predicted octanol–water partition coefficient (Wildman–Crippen LogP) is 2.28. The van der Waals surface area contributed by atoms with E-state index in [9.17, 15) is 4.79 Å². The van der Waals surface area contributed by atoms with E-state index in [2.05, 4.69) is 10.4 Å². The van der Waals surface area contributed by atoms with Crippen LogP contribution in [-0.2, 0) is 5.41 Å². The van der Waals surface area contributed by atoms with Gasteiger partial charge in [-0.05, 0) is 18.6 Å². The van der Waals surface area contributed by atoms with E-state index >= 15 is 0 Å². The molecule has 0 aliphatic heterocycles. The molecule has 22 heavy (non-hydrogen) atoms. The largest absolute Gasteiger partial charge is 0.396 e. The van der Waals surface area contributed by atoms with E-state index in [1.807, 2.05) is 51.1 Å². The number of hydrogen-bond donors (Lipinski definition) is 2. The van der Waals surface area contributed by atoms with Crippen molar-refractivity contribution in [1.29, 1.82) is 0 Å². The lowest BCUT2D eigenvalue weighted by Gasteiger charge is -2.17. The normalized spacial score (nSPS) is 11.5. The number of hydrogen-bond acceptors (Lipinski definition) is 3. The Kier molecular flexibility index (Phi) is 4.98. The third kappa shape index (κ3) is 3.74. The summed E-state index contributed by atoms with van der Waals surface area (Å²) in [6, 6.07) is 9.73. The number of aliphatic hydroxyl groups excluding tert-OH is 1. The average molecular weight is 301 g/mol. The number of para-hydroxylation sites is 1. The molecule has 2 aromatic rings. The highest BCUT2D eigenvalue weighted by Crippen LogP contribution is 2.25. The molecule has 0 bridgehead atoms. The van der Waals surface area contributed by atoms with Crippen LogP contribution in [0.25, 0.3) is 5.69 Å². The molecule has 2 rings (SSSR count). The van der Waals surface area contributed by atoms with Crippen molar-refractivity contribution in [2.75, 3.05) is 13.2 Å². The summed E-state index contributed by atoms with van der Waals surface area (Å²) in [5, 5.41) is 16.3. The Morgan fingerprint density at radius 2 is 1.95 bits per heavy atom. The minimum absolute atomic E-state index is 0.0652. The van der Waals surface area contributed by atoms with Crippen molar-refractivity contribution in [3.05, 3.63) is 47.8 Å². The second-order valence-electron chi connectivity index (χ2n) is 6.25. The second-order valence-corrected chi connectivity index (χ2v) is 6.25. The zero-order valence-electron chi connectivity index (χ0n) is 13.3. The quantitative estimate of drug-likeness (QED) is 0.833. The summed E-state index contributed by atoms with van der Waals surface area (Å²) in [4.78, 5) is 12.4. The third-order valence-corrected chi connectivity index (χ3v) is 3.31. The van der Waals surface area contributed by atoms with Crippen molar-refractivity contribution in [1.82, 2.24) is 15.1 Å². The van der Waals surface area contributed by atoms with Crippen LogP contribution in [0.5, 0.6) is 0 Å². The number of carbonyl (C=O) groups is 1. The van der Waals surface area contributed by atoms with E-state index in [4.69, 9.17) is 5.11 Å². The Bertz CT molecular complexity index is 627. The Morgan fingerprint density at radius 3 is 2.55 bits per heavy atom. The minimum Gasteiger partial charge on any atom is -0.396 e. The van der Waals surface area contributed by atoms with Crippen molar-refractivity contribution in [2.24, 2.45) is 0 Å². The first-order chi connectivity index (χ1) is 10.4. The number of aromatic nitrogens is 2. The van der Waals surface area contributed by atoms with Gasteiger partial charge in [0.2, 0.25) is 0 Å². The van der Waals surface area contributed by atoms with E-state index in [1.54, 1.807) is 10.9 Å². The molecule has 5 heteroatoms. The lowest BCUT2D eigenvalue weighted by Crippen LogP contribution is -2.27. The van der Waals surface area contributed by atoms with Gasteiger partial charge in [0.1, 0.15) is 0 Å². The number of carbonyl (C=O) groups excluding carboxylic acids is 1. The van der Waals surface area contributed by atoms with Crippen molar-refractivity contribution in [3.8, 4) is 5.69 Å². The van der Waals surface area contributed by atoms with Crippen LogP contribution in [0.2, 0.25) is 0 Å². The third-order valence-electron chi connectivity index (χ3n) is 3.31. The number of nitrogens with zero attached hydrogens (tertiary/aromatic N) is 2. The van der Waals surface area contributed by atoms with Gasteiger partial charge in [0.05, 0.1) is 16.9 Å². The summed E-state index contributed by atoms with van der Waals surface area (Å²) in [6.45, 7) is 6.63. The van der Waals surface area contributed by atoms with Crippen molar-refractivity contribution in [2.45, 2.75) is 32.6 Å². The van der Waals surface area contributed by atoms with Gasteiger partial charge in [-0.2, -0.15) is 5.10 Å². The number of aliphatic hydroxyl groups is 1. The molecule has 5 nitrogen and oxygen atoms in total. The van der Waals surface area contributed by atoms with Crippen LogP contribution in [-0.4, -0.2) is 33.9 Å². The molecule has 0 fully saturated rings. The van der Waals surface area contributed by atoms with E-state index in [-0.39, 0.29) is 17.9 Å². The molecule has 1 aromatic heterocycles. The molecule has 1 aromatic carbocycles. The molecule has 2 N–H and O–H groups in total. The molecule has 0 aliphatic carbocycles. The molecule has 0 spiro atoms. The first-order valence-corrected chi connectivity index (χ1v) is 7.48. The van der Waals surface area contributed by atoms with Gasteiger partial charge < -0.3 is 10.4 Å².